The van der Waals surface area contributed by atoms with Gasteiger partial charge in [0.1, 0.15) is 11.6 Å². The van der Waals surface area contributed by atoms with Crippen LogP contribution in [0.5, 0.6) is 5.75 Å². The minimum atomic E-state index is -0.310. The number of likely N-dealkylation sites (tertiary alicyclic amines) is 1. The summed E-state index contributed by atoms with van der Waals surface area (Å²) in [7, 11) is 0. The molecular formula is C22H23FN4O2. The third kappa shape index (κ3) is 4.99. The third-order valence-corrected chi connectivity index (χ3v) is 5.10. The highest BCUT2D eigenvalue weighted by atomic mass is 19.1. The summed E-state index contributed by atoms with van der Waals surface area (Å²) in [5.41, 5.74) is 2.73. The molecule has 0 bridgehead atoms. The van der Waals surface area contributed by atoms with Crippen molar-refractivity contribution >= 4 is 5.91 Å². The van der Waals surface area contributed by atoms with Gasteiger partial charge in [0, 0.05) is 49.1 Å². The van der Waals surface area contributed by atoms with Crippen LogP contribution in [0.2, 0.25) is 0 Å². The lowest BCUT2D eigenvalue weighted by Crippen LogP contribution is -2.30. The molecule has 1 atom stereocenters. The molecule has 1 N–H and O–H groups in total. The first-order valence-corrected chi connectivity index (χ1v) is 9.77. The first-order valence-electron chi connectivity index (χ1n) is 9.77. The number of pyridine rings is 1. The van der Waals surface area contributed by atoms with Crippen molar-refractivity contribution in [3.63, 3.8) is 0 Å². The minimum Gasteiger partial charge on any atom is -0.493 e. The molecule has 3 aromatic rings. The predicted molar refractivity (Wildman–Crippen MR) is 106 cm³/mol. The summed E-state index contributed by atoms with van der Waals surface area (Å²) in [6.45, 7) is 1.85. The lowest BCUT2D eigenvalue weighted by Gasteiger charge is -2.15. The van der Waals surface area contributed by atoms with Crippen molar-refractivity contribution in [3.05, 3.63) is 77.6 Å². The number of nitrogens with zero attached hydrogens (tertiary/aromatic N) is 3. The number of carbonyl (C=O) groups is 1. The molecule has 7 heteroatoms. The molecule has 0 radical (unpaired) electrons. The zero-order chi connectivity index (χ0) is 20.1. The normalized spacial score (nSPS) is 16.2. The van der Waals surface area contributed by atoms with E-state index in [9.17, 15) is 9.18 Å². The molecule has 1 saturated heterocycles. The quantitative estimate of drug-likeness (QED) is 0.668. The summed E-state index contributed by atoms with van der Waals surface area (Å²) < 4.78 is 18.8. The Balaban J connectivity index is 1.27. The van der Waals surface area contributed by atoms with Gasteiger partial charge in [-0.15, -0.1) is 0 Å². The van der Waals surface area contributed by atoms with Gasteiger partial charge in [-0.05, 0) is 36.8 Å². The van der Waals surface area contributed by atoms with Crippen LogP contribution in [0.1, 0.15) is 29.4 Å². The number of aromatic nitrogens is 3. The predicted octanol–water partition coefficient (Wildman–Crippen LogP) is 3.12. The van der Waals surface area contributed by atoms with Crippen molar-refractivity contribution in [2.24, 2.45) is 0 Å². The van der Waals surface area contributed by atoms with Gasteiger partial charge in [0.25, 0.3) is 0 Å². The Morgan fingerprint density at radius 2 is 2.17 bits per heavy atom. The van der Waals surface area contributed by atoms with E-state index in [0.29, 0.717) is 31.7 Å². The molecule has 29 heavy (non-hydrogen) atoms. The number of rotatable bonds is 7. The summed E-state index contributed by atoms with van der Waals surface area (Å²) >= 11 is 0. The summed E-state index contributed by atoms with van der Waals surface area (Å²) in [5, 5.41) is 7.47. The van der Waals surface area contributed by atoms with Crippen LogP contribution in [0.4, 0.5) is 4.39 Å². The number of ether oxygens (including phenoxy) is 1. The maximum absolute atomic E-state index is 13.2. The van der Waals surface area contributed by atoms with Crippen LogP contribution >= 0.6 is 0 Å². The Bertz CT molecular complexity index is 960. The summed E-state index contributed by atoms with van der Waals surface area (Å²) in [4.78, 5) is 18.6. The van der Waals surface area contributed by atoms with Gasteiger partial charge in [-0.2, -0.15) is 5.10 Å². The van der Waals surface area contributed by atoms with Crippen LogP contribution in [-0.2, 0) is 17.6 Å². The maximum Gasteiger partial charge on any atom is 0.228 e. The molecule has 2 aromatic heterocycles. The van der Waals surface area contributed by atoms with Crippen LogP contribution in [0.15, 0.2) is 54.7 Å². The average Bonchev–Trinajstić information content (AvgIpc) is 3.38. The summed E-state index contributed by atoms with van der Waals surface area (Å²) in [6.07, 6.45) is 3.59. The molecule has 150 valence electrons. The van der Waals surface area contributed by atoms with E-state index in [1.54, 1.807) is 18.3 Å². The maximum atomic E-state index is 13.2. The second-order valence-electron chi connectivity index (χ2n) is 7.20. The van der Waals surface area contributed by atoms with Crippen LogP contribution in [0.25, 0.3) is 0 Å². The number of halogens is 1. The molecule has 0 aliphatic carbocycles. The van der Waals surface area contributed by atoms with E-state index in [1.807, 2.05) is 29.2 Å². The van der Waals surface area contributed by atoms with Crippen LogP contribution < -0.4 is 4.74 Å². The van der Waals surface area contributed by atoms with Gasteiger partial charge < -0.3 is 9.64 Å². The monoisotopic (exact) mass is 394 g/mol. The minimum absolute atomic E-state index is 0.102. The van der Waals surface area contributed by atoms with Crippen molar-refractivity contribution in [2.45, 2.75) is 25.2 Å². The molecular weight excluding hydrogens is 371 g/mol. The second-order valence-corrected chi connectivity index (χ2v) is 7.20. The number of nitrogens with one attached hydrogen (secondary N) is 1. The fraction of sp³-hybridized carbons (Fsp3) is 0.318. The van der Waals surface area contributed by atoms with Gasteiger partial charge in [-0.1, -0.05) is 12.1 Å². The Morgan fingerprint density at radius 1 is 1.24 bits per heavy atom. The molecule has 1 amide bonds. The van der Waals surface area contributed by atoms with Crippen molar-refractivity contribution in [3.8, 4) is 5.75 Å². The van der Waals surface area contributed by atoms with Crippen LogP contribution in [0, 0.1) is 5.82 Å². The number of hydrogen-bond acceptors (Lipinski definition) is 4. The average molecular weight is 394 g/mol. The molecule has 1 aliphatic rings. The lowest BCUT2D eigenvalue weighted by molar-refractivity contribution is -0.129. The fourth-order valence-electron chi connectivity index (χ4n) is 3.55. The molecule has 0 saturated carbocycles. The van der Waals surface area contributed by atoms with E-state index in [4.69, 9.17) is 4.74 Å². The van der Waals surface area contributed by atoms with Crippen molar-refractivity contribution in [1.82, 2.24) is 20.1 Å². The van der Waals surface area contributed by atoms with Crippen molar-refractivity contribution < 1.29 is 13.9 Å². The first kappa shape index (κ1) is 19.1. The Morgan fingerprint density at radius 3 is 3.00 bits per heavy atom. The van der Waals surface area contributed by atoms with E-state index in [2.05, 4.69) is 15.2 Å². The Kier molecular flexibility index (Phi) is 5.84. The molecule has 3 heterocycles. The zero-order valence-corrected chi connectivity index (χ0v) is 16.1. The van der Waals surface area contributed by atoms with E-state index >= 15 is 0 Å². The number of aromatic amines is 1. The van der Waals surface area contributed by atoms with E-state index in [1.165, 1.54) is 12.1 Å². The highest BCUT2D eigenvalue weighted by Gasteiger charge is 2.29. The van der Waals surface area contributed by atoms with E-state index in [0.717, 1.165) is 30.0 Å². The van der Waals surface area contributed by atoms with Gasteiger partial charge in [0.05, 0.1) is 18.7 Å². The largest absolute Gasteiger partial charge is 0.493 e. The smallest absolute Gasteiger partial charge is 0.228 e. The van der Waals surface area contributed by atoms with Gasteiger partial charge in [-0.25, -0.2) is 4.39 Å². The molecule has 6 nitrogen and oxygen atoms in total. The molecule has 1 aromatic carbocycles. The second kappa shape index (κ2) is 8.86. The molecule has 1 fully saturated rings. The van der Waals surface area contributed by atoms with Crippen molar-refractivity contribution in [1.29, 1.82) is 0 Å². The summed E-state index contributed by atoms with van der Waals surface area (Å²) in [5.74, 6) is 0.541. The summed E-state index contributed by atoms with van der Waals surface area (Å²) in [6, 6.07) is 13.8. The lowest BCUT2D eigenvalue weighted by atomic mass is 10.0. The first-order chi connectivity index (χ1) is 14.2. The number of H-pyrrole nitrogens is 1. The molecule has 0 unspecified atom stereocenters. The van der Waals surface area contributed by atoms with Crippen LogP contribution in [-0.4, -0.2) is 45.7 Å². The van der Waals surface area contributed by atoms with Gasteiger partial charge in [0.2, 0.25) is 5.91 Å². The fourth-order valence-corrected chi connectivity index (χ4v) is 3.55. The molecule has 4 rings (SSSR count). The highest BCUT2D eigenvalue weighted by molar-refractivity contribution is 5.78. The number of carbonyl (C=O) groups excluding carboxylic acids is 1. The van der Waals surface area contributed by atoms with E-state index < -0.39 is 0 Å². The Labute approximate surface area is 168 Å². The van der Waals surface area contributed by atoms with Gasteiger partial charge in [-0.3, -0.25) is 14.9 Å². The van der Waals surface area contributed by atoms with Crippen molar-refractivity contribution in [2.75, 3.05) is 19.7 Å². The Hall–Kier alpha value is -3.22. The van der Waals surface area contributed by atoms with Crippen LogP contribution in [0.3, 0.4) is 0 Å². The third-order valence-electron chi connectivity index (χ3n) is 5.10. The number of benzene rings is 1. The van der Waals surface area contributed by atoms with E-state index in [-0.39, 0.29) is 17.6 Å². The highest BCUT2D eigenvalue weighted by Crippen LogP contribution is 2.26. The van der Waals surface area contributed by atoms with Gasteiger partial charge in [0.15, 0.2) is 0 Å². The zero-order valence-electron chi connectivity index (χ0n) is 16.1. The number of hydrogen-bond donors (Lipinski definition) is 1. The topological polar surface area (TPSA) is 71.1 Å². The van der Waals surface area contributed by atoms with Gasteiger partial charge >= 0.3 is 0 Å². The number of amides is 1. The standard InChI is InChI=1S/C22H23FN4O2/c23-17-4-3-6-20(12-17)29-11-8-19-13-21(26-25-19)16-7-10-27(15-16)22(28)14-18-5-1-2-9-24-18/h1-6,9,12-13,16H,7-8,10-11,14-15H2,(H,25,26)/t16-/m1/s1. The molecule has 0 spiro atoms. The SMILES string of the molecule is O=C(Cc1ccccn1)N1CC[C@@H](c2cc(CCOc3cccc(F)c3)[nH]n2)C1. The molecule has 1 aliphatic heterocycles.